The highest BCUT2D eigenvalue weighted by atomic mass is 32.1. The van der Waals surface area contributed by atoms with Crippen molar-refractivity contribution in [3.8, 4) is 0 Å². The van der Waals surface area contributed by atoms with Crippen molar-refractivity contribution in [2.24, 2.45) is 11.8 Å². The Morgan fingerprint density at radius 2 is 2.00 bits per heavy atom. The molecular weight excluding hydrogens is 284 g/mol. The molecule has 0 saturated carbocycles. The Hall–Kier alpha value is -1.24. The number of fused-ring (bicyclic) bond motifs is 2. The molecule has 4 heterocycles. The normalized spacial score (nSPS) is 25.8. The summed E-state index contributed by atoms with van der Waals surface area (Å²) < 4.78 is 0. The second-order valence-electron chi connectivity index (χ2n) is 6.35. The van der Waals surface area contributed by atoms with Gasteiger partial charge in [0.25, 0.3) is 5.56 Å². The number of nitrogens with one attached hydrogen (secondary N) is 2. The average molecular weight is 304 g/mol. The van der Waals surface area contributed by atoms with E-state index in [0.717, 1.165) is 66.2 Å². The molecule has 5 nitrogen and oxygen atoms in total. The molecule has 2 aliphatic heterocycles. The molecule has 21 heavy (non-hydrogen) atoms. The van der Waals surface area contributed by atoms with E-state index in [1.165, 1.54) is 4.88 Å². The lowest BCUT2D eigenvalue weighted by molar-refractivity contribution is 0.298. The molecule has 4 rings (SSSR count). The molecule has 0 aromatic carbocycles. The van der Waals surface area contributed by atoms with Gasteiger partial charge in [-0.2, -0.15) is 0 Å². The highest BCUT2D eigenvalue weighted by molar-refractivity contribution is 7.18. The van der Waals surface area contributed by atoms with Gasteiger partial charge in [0.2, 0.25) is 0 Å². The summed E-state index contributed by atoms with van der Waals surface area (Å²) in [4.78, 5) is 24.4. The van der Waals surface area contributed by atoms with Gasteiger partial charge in [0, 0.05) is 18.0 Å². The molecule has 2 atom stereocenters. The summed E-state index contributed by atoms with van der Waals surface area (Å²) in [5.41, 5.74) is 1.08. The Labute approximate surface area is 127 Å². The molecule has 0 spiro atoms. The van der Waals surface area contributed by atoms with Crippen molar-refractivity contribution in [2.75, 3.05) is 26.2 Å². The van der Waals surface area contributed by atoms with Crippen molar-refractivity contribution in [2.45, 2.75) is 20.4 Å². The monoisotopic (exact) mass is 304 g/mol. The van der Waals surface area contributed by atoms with Crippen LogP contribution in [0.3, 0.4) is 0 Å². The molecule has 0 unspecified atom stereocenters. The maximum atomic E-state index is 12.3. The van der Waals surface area contributed by atoms with E-state index in [1.807, 2.05) is 6.92 Å². The number of aromatic amines is 1. The second-order valence-corrected chi connectivity index (χ2v) is 7.55. The van der Waals surface area contributed by atoms with E-state index in [2.05, 4.69) is 27.1 Å². The van der Waals surface area contributed by atoms with Crippen LogP contribution in [0, 0.1) is 25.7 Å². The maximum Gasteiger partial charge on any atom is 0.259 e. The van der Waals surface area contributed by atoms with Crippen LogP contribution in [0.2, 0.25) is 0 Å². The summed E-state index contributed by atoms with van der Waals surface area (Å²) in [7, 11) is 0. The molecule has 112 valence electrons. The lowest BCUT2D eigenvalue weighted by Crippen LogP contribution is -2.27. The zero-order valence-electron chi connectivity index (χ0n) is 12.4. The average Bonchev–Trinajstić information content (AvgIpc) is 3.04. The van der Waals surface area contributed by atoms with Gasteiger partial charge in [-0.3, -0.25) is 9.69 Å². The Kier molecular flexibility index (Phi) is 3.13. The van der Waals surface area contributed by atoms with Crippen LogP contribution < -0.4 is 10.9 Å². The second kappa shape index (κ2) is 4.90. The predicted octanol–water partition coefficient (Wildman–Crippen LogP) is 1.25. The van der Waals surface area contributed by atoms with Gasteiger partial charge in [-0.05, 0) is 44.3 Å². The number of hydrogen-bond acceptors (Lipinski definition) is 5. The fourth-order valence-electron chi connectivity index (χ4n) is 3.67. The summed E-state index contributed by atoms with van der Waals surface area (Å²) >= 11 is 1.62. The van der Waals surface area contributed by atoms with Crippen molar-refractivity contribution < 1.29 is 0 Å². The molecule has 0 amide bonds. The van der Waals surface area contributed by atoms with E-state index in [9.17, 15) is 4.79 Å². The Bertz CT molecular complexity index is 738. The third-order valence-electron chi connectivity index (χ3n) is 4.93. The SMILES string of the molecule is Cc1sc2nc(CN3C[C@H]4CNC[C@H]4C3)[nH]c(=O)c2c1C. The molecule has 2 aromatic heterocycles. The first-order valence-corrected chi connectivity index (χ1v) is 8.35. The topological polar surface area (TPSA) is 61.0 Å². The standard InChI is InChI=1S/C15H20N4OS/c1-8-9(2)21-15-13(8)14(20)17-12(18-15)7-19-5-10-3-16-4-11(10)6-19/h10-11,16H,3-7H2,1-2H3,(H,17,18,20)/t10-,11+. The van der Waals surface area contributed by atoms with Crippen LogP contribution in [-0.4, -0.2) is 41.0 Å². The summed E-state index contributed by atoms with van der Waals surface area (Å²) in [6.45, 7) is 9.30. The van der Waals surface area contributed by atoms with Crippen molar-refractivity contribution in [1.29, 1.82) is 0 Å². The fourth-order valence-corrected chi connectivity index (χ4v) is 4.72. The van der Waals surface area contributed by atoms with Crippen molar-refractivity contribution in [3.63, 3.8) is 0 Å². The molecule has 2 fully saturated rings. The van der Waals surface area contributed by atoms with Crippen LogP contribution in [0.4, 0.5) is 0 Å². The Morgan fingerprint density at radius 1 is 1.29 bits per heavy atom. The van der Waals surface area contributed by atoms with E-state index in [1.54, 1.807) is 11.3 Å². The van der Waals surface area contributed by atoms with Gasteiger partial charge < -0.3 is 10.3 Å². The summed E-state index contributed by atoms with van der Waals surface area (Å²) in [6.07, 6.45) is 0. The van der Waals surface area contributed by atoms with Gasteiger partial charge in [-0.15, -0.1) is 11.3 Å². The fraction of sp³-hybridized carbons (Fsp3) is 0.600. The molecular formula is C15H20N4OS. The first kappa shape index (κ1) is 13.4. The zero-order chi connectivity index (χ0) is 14.6. The number of thiophene rings is 1. The van der Waals surface area contributed by atoms with Crippen molar-refractivity contribution >= 4 is 21.6 Å². The highest BCUT2D eigenvalue weighted by Crippen LogP contribution is 2.28. The molecule has 0 aliphatic carbocycles. The molecule has 2 saturated heterocycles. The van der Waals surface area contributed by atoms with Crippen LogP contribution in [0.15, 0.2) is 4.79 Å². The lowest BCUT2D eigenvalue weighted by Gasteiger charge is -2.15. The van der Waals surface area contributed by atoms with Gasteiger partial charge in [0.05, 0.1) is 11.9 Å². The molecule has 2 aromatic rings. The van der Waals surface area contributed by atoms with Gasteiger partial charge in [0.15, 0.2) is 0 Å². The Balaban J connectivity index is 1.61. The smallest absolute Gasteiger partial charge is 0.259 e. The van der Waals surface area contributed by atoms with Crippen molar-refractivity contribution in [1.82, 2.24) is 20.2 Å². The van der Waals surface area contributed by atoms with Crippen LogP contribution in [0.1, 0.15) is 16.3 Å². The van der Waals surface area contributed by atoms with E-state index in [4.69, 9.17) is 0 Å². The van der Waals surface area contributed by atoms with Gasteiger partial charge in [0.1, 0.15) is 10.7 Å². The number of H-pyrrole nitrogens is 1. The van der Waals surface area contributed by atoms with E-state index >= 15 is 0 Å². The van der Waals surface area contributed by atoms with E-state index in [0.29, 0.717) is 0 Å². The van der Waals surface area contributed by atoms with Gasteiger partial charge >= 0.3 is 0 Å². The minimum Gasteiger partial charge on any atom is -0.316 e. The van der Waals surface area contributed by atoms with Gasteiger partial charge in [-0.25, -0.2) is 4.98 Å². The maximum absolute atomic E-state index is 12.3. The number of aromatic nitrogens is 2. The Morgan fingerprint density at radius 3 is 2.71 bits per heavy atom. The van der Waals surface area contributed by atoms with Crippen LogP contribution in [0.25, 0.3) is 10.2 Å². The first-order chi connectivity index (χ1) is 10.1. The zero-order valence-corrected chi connectivity index (χ0v) is 13.2. The van der Waals surface area contributed by atoms with Crippen LogP contribution >= 0.6 is 11.3 Å². The third-order valence-corrected chi connectivity index (χ3v) is 6.03. The largest absolute Gasteiger partial charge is 0.316 e. The quantitative estimate of drug-likeness (QED) is 0.877. The molecule has 6 heteroatoms. The highest BCUT2D eigenvalue weighted by Gasteiger charge is 2.36. The van der Waals surface area contributed by atoms with E-state index in [-0.39, 0.29) is 5.56 Å². The third kappa shape index (κ3) is 2.22. The number of likely N-dealkylation sites (tertiary alicyclic amines) is 1. The van der Waals surface area contributed by atoms with Gasteiger partial charge in [-0.1, -0.05) is 0 Å². The molecule has 2 N–H and O–H groups in total. The lowest BCUT2D eigenvalue weighted by atomic mass is 10.0. The summed E-state index contributed by atoms with van der Waals surface area (Å²) in [5.74, 6) is 2.35. The minimum atomic E-state index is 0.0120. The number of nitrogens with zero attached hydrogens (tertiary/aromatic N) is 2. The minimum absolute atomic E-state index is 0.0120. The molecule has 0 radical (unpaired) electrons. The van der Waals surface area contributed by atoms with E-state index < -0.39 is 0 Å². The number of aryl methyl sites for hydroxylation is 2. The van der Waals surface area contributed by atoms with Crippen LogP contribution in [0.5, 0.6) is 0 Å². The predicted molar refractivity (Wildman–Crippen MR) is 84.8 cm³/mol. The summed E-state index contributed by atoms with van der Waals surface area (Å²) in [5, 5.41) is 4.22. The summed E-state index contributed by atoms with van der Waals surface area (Å²) in [6, 6.07) is 0. The molecule has 0 bridgehead atoms. The number of hydrogen-bond donors (Lipinski definition) is 2. The van der Waals surface area contributed by atoms with Crippen molar-refractivity contribution in [3.05, 3.63) is 26.6 Å². The molecule has 2 aliphatic rings. The first-order valence-electron chi connectivity index (χ1n) is 7.54. The number of rotatable bonds is 2. The van der Waals surface area contributed by atoms with Crippen LogP contribution in [-0.2, 0) is 6.54 Å².